The molecule has 10 rings (SSSR count). The summed E-state index contributed by atoms with van der Waals surface area (Å²) < 4.78 is 55.0. The van der Waals surface area contributed by atoms with Gasteiger partial charge in [-0.1, -0.05) is 27.7 Å². The quantitative estimate of drug-likeness (QED) is 0.0937. The Morgan fingerprint density at radius 2 is 1.17 bits per heavy atom. The molecule has 0 aromatic rings. The van der Waals surface area contributed by atoms with Crippen molar-refractivity contribution in [2.24, 2.45) is 52.3 Å². The molecule has 1 spiro atoms. The van der Waals surface area contributed by atoms with Gasteiger partial charge in [0, 0.05) is 12.5 Å². The van der Waals surface area contributed by atoms with Crippen LogP contribution in [0.15, 0.2) is 0 Å². The van der Waals surface area contributed by atoms with Crippen LogP contribution in [0.1, 0.15) is 91.9 Å². The van der Waals surface area contributed by atoms with Crippen LogP contribution in [0, 0.1) is 52.3 Å². The lowest BCUT2D eigenvalue weighted by molar-refractivity contribution is -0.404. The number of hydrogen-bond acceptors (Lipinski definition) is 22. The van der Waals surface area contributed by atoms with Gasteiger partial charge in [-0.2, -0.15) is 0 Å². The van der Waals surface area contributed by atoms with E-state index in [9.17, 15) is 61.3 Å². The summed E-state index contributed by atoms with van der Waals surface area (Å²) in [5.74, 6) is 3.87. The van der Waals surface area contributed by atoms with Crippen LogP contribution in [0.3, 0.4) is 0 Å². The first-order chi connectivity index (χ1) is 34.3. The summed E-state index contributed by atoms with van der Waals surface area (Å²) in [4.78, 5) is 0. The second-order valence-corrected chi connectivity index (χ2v) is 24.0. The van der Waals surface area contributed by atoms with Crippen LogP contribution >= 0.6 is 0 Å². The minimum absolute atomic E-state index is 0.104. The number of rotatable bonds is 11. The summed E-state index contributed by atoms with van der Waals surface area (Å²) in [6.07, 6.45) is -22.4. The van der Waals surface area contributed by atoms with Crippen molar-refractivity contribution in [3.63, 3.8) is 0 Å². The lowest BCUT2D eigenvalue weighted by atomic mass is 9.44. The van der Waals surface area contributed by atoms with E-state index >= 15 is 0 Å². The van der Waals surface area contributed by atoms with Crippen LogP contribution in [-0.4, -0.2) is 229 Å². The largest absolute Gasteiger partial charge is 0.394 e. The number of fused-ring (bicyclic) bond motifs is 7. The molecular weight excluding hydrogens is 951 g/mol. The molecule has 10 fully saturated rings. The Bertz CT molecular complexity index is 1830. The molecule has 414 valence electrons. The number of hydrogen-bond donors (Lipinski definition) is 13. The molecule has 0 aromatic heterocycles. The van der Waals surface area contributed by atoms with E-state index in [-0.39, 0.29) is 28.8 Å². The van der Waals surface area contributed by atoms with E-state index in [1.807, 2.05) is 0 Å². The first-order valence-corrected chi connectivity index (χ1v) is 26.8. The molecule has 6 heterocycles. The molecule has 10 aliphatic rings. The van der Waals surface area contributed by atoms with Gasteiger partial charge in [0.2, 0.25) is 0 Å². The van der Waals surface area contributed by atoms with E-state index in [4.69, 9.17) is 42.6 Å². The lowest BCUT2D eigenvalue weighted by Gasteiger charge is -2.61. The fourth-order valence-corrected chi connectivity index (χ4v) is 16.1. The van der Waals surface area contributed by atoms with Gasteiger partial charge in [0.1, 0.15) is 97.3 Å². The summed E-state index contributed by atoms with van der Waals surface area (Å²) >= 11 is 0. The molecule has 72 heavy (non-hydrogen) atoms. The van der Waals surface area contributed by atoms with Crippen LogP contribution in [0.4, 0.5) is 0 Å². The highest BCUT2D eigenvalue weighted by Crippen LogP contribution is 2.71. The van der Waals surface area contributed by atoms with E-state index in [1.165, 1.54) is 19.3 Å². The molecule has 0 unspecified atom stereocenters. The number of aliphatic hydroxyl groups excluding tert-OH is 12. The van der Waals surface area contributed by atoms with Gasteiger partial charge in [-0.15, -0.1) is 0 Å². The van der Waals surface area contributed by atoms with Crippen LogP contribution in [-0.2, 0) is 42.6 Å². The first-order valence-electron chi connectivity index (χ1n) is 26.8. The molecule has 0 radical (unpaired) electrons. The monoisotopic (exact) mass is 1030 g/mol. The third kappa shape index (κ3) is 9.26. The zero-order valence-corrected chi connectivity index (χ0v) is 41.8. The first kappa shape index (κ1) is 54.5. The Kier molecular flexibility index (Phi) is 15.9. The van der Waals surface area contributed by atoms with Crippen LogP contribution in [0.5, 0.6) is 0 Å². The zero-order valence-electron chi connectivity index (χ0n) is 41.8. The molecule has 0 bridgehead atoms. The minimum Gasteiger partial charge on any atom is -0.394 e. The van der Waals surface area contributed by atoms with E-state index in [0.29, 0.717) is 47.8 Å². The standard InChI is InChI=1S/C50H83NO21/c1-20-7-12-50(51-15-20)21(2)32-28(72-50)14-26-24-6-5-22-13-23(8-10-48(22,3)25(24)9-11-49(26,32)4)65-45-40(63)37(60)41(31(18-54)68-45)69-47-43(71-46-39(62)36(59)34(57)29(16-52)66-46)42(35(58)30(17-53)67-47)70-44-38(61)33(56)27(55)19-64-44/h20-47,51-63H,5-19H2,1-4H3/t20-,21-,22-,23-,24+,25-,26-,27+,28-,29+,30+,31+,32-,33-,34+,35+,36-,37+,38+,39+,40+,41-,42-,43+,44-,45+,46-,47+,48-,49-,50-/m0/s1. The van der Waals surface area contributed by atoms with Crippen molar-refractivity contribution in [1.82, 2.24) is 5.32 Å². The SMILES string of the molecule is C[C@H]1CC[C@]2(NC1)O[C@H]1C[C@H]3[C@@H]4CC[C@H]5C[C@@H](O[C@@H]6O[C@H](CO)[C@H](O[C@H]7O[C@H](CO)[C@@H](O)[C@H](O[C@@H]8OC[C@@H](O)[C@H](O)[C@H]8O)[C@H]7O[C@@H]7O[C@H](CO)[C@@H](O)[C@H](O)[C@H]7O)[C@H](O)[C@H]6O)CC[C@]5(C)[C@H]4CC[C@]3(C)[C@H]1[C@@H]2C. The molecule has 6 saturated heterocycles. The molecule has 0 aromatic carbocycles. The van der Waals surface area contributed by atoms with Gasteiger partial charge in [-0.25, -0.2) is 0 Å². The summed E-state index contributed by atoms with van der Waals surface area (Å²) in [6.45, 7) is 7.84. The number of ether oxygens (including phenoxy) is 9. The Balaban J connectivity index is 0.812. The van der Waals surface area contributed by atoms with Crippen LogP contribution < -0.4 is 5.32 Å². The van der Waals surface area contributed by atoms with Crippen molar-refractivity contribution in [2.45, 2.75) is 227 Å². The van der Waals surface area contributed by atoms with Crippen molar-refractivity contribution in [3.8, 4) is 0 Å². The second kappa shape index (κ2) is 21.1. The number of nitrogens with one attached hydrogen (secondary N) is 1. The highest BCUT2D eigenvalue weighted by Gasteiger charge is 2.69. The molecule has 6 aliphatic heterocycles. The Morgan fingerprint density at radius 3 is 1.88 bits per heavy atom. The molecular formula is C50H83NO21. The minimum atomic E-state index is -1.99. The maximum Gasteiger partial charge on any atom is 0.187 e. The molecule has 4 aliphatic carbocycles. The van der Waals surface area contributed by atoms with Gasteiger partial charge >= 0.3 is 0 Å². The summed E-state index contributed by atoms with van der Waals surface area (Å²) in [6, 6.07) is 0. The van der Waals surface area contributed by atoms with E-state index in [1.54, 1.807) is 0 Å². The molecule has 4 saturated carbocycles. The van der Waals surface area contributed by atoms with Gasteiger partial charge in [-0.05, 0) is 111 Å². The van der Waals surface area contributed by atoms with Crippen molar-refractivity contribution >= 4 is 0 Å². The van der Waals surface area contributed by atoms with Gasteiger partial charge in [0.05, 0.1) is 38.6 Å². The van der Waals surface area contributed by atoms with Gasteiger partial charge in [0.25, 0.3) is 0 Å². The lowest BCUT2D eigenvalue weighted by Crippen LogP contribution is -2.68. The van der Waals surface area contributed by atoms with Crippen molar-refractivity contribution in [3.05, 3.63) is 0 Å². The average Bonchev–Trinajstić information content (AvgIpc) is 3.82. The van der Waals surface area contributed by atoms with Crippen molar-refractivity contribution < 1.29 is 104 Å². The van der Waals surface area contributed by atoms with E-state index in [0.717, 1.165) is 45.1 Å². The highest BCUT2D eigenvalue weighted by molar-refractivity contribution is 5.16. The van der Waals surface area contributed by atoms with Gasteiger partial charge in [0.15, 0.2) is 25.2 Å². The molecule has 22 nitrogen and oxygen atoms in total. The summed E-state index contributed by atoms with van der Waals surface area (Å²) in [7, 11) is 0. The second-order valence-electron chi connectivity index (χ2n) is 24.0. The third-order valence-corrected chi connectivity index (χ3v) is 20.2. The maximum atomic E-state index is 11.8. The normalized spacial score (nSPS) is 57.8. The van der Waals surface area contributed by atoms with Crippen molar-refractivity contribution in [2.75, 3.05) is 33.0 Å². The number of piperidine rings is 1. The predicted octanol–water partition coefficient (Wildman–Crippen LogP) is -2.70. The zero-order chi connectivity index (χ0) is 51.3. The fraction of sp³-hybridized carbons (Fsp3) is 1.00. The maximum absolute atomic E-state index is 11.8. The van der Waals surface area contributed by atoms with Crippen LogP contribution in [0.2, 0.25) is 0 Å². The van der Waals surface area contributed by atoms with Crippen molar-refractivity contribution in [1.29, 1.82) is 0 Å². The van der Waals surface area contributed by atoms with E-state index in [2.05, 4.69) is 33.0 Å². The van der Waals surface area contributed by atoms with Gasteiger partial charge < -0.3 is 104 Å². The molecule has 22 heteroatoms. The Hall–Kier alpha value is -0.880. The fourth-order valence-electron chi connectivity index (χ4n) is 16.1. The molecule has 0 amide bonds. The summed E-state index contributed by atoms with van der Waals surface area (Å²) in [5, 5.41) is 133. The third-order valence-electron chi connectivity index (χ3n) is 20.2. The summed E-state index contributed by atoms with van der Waals surface area (Å²) in [5.41, 5.74) is 0.147. The molecule has 31 atom stereocenters. The smallest absolute Gasteiger partial charge is 0.187 e. The highest BCUT2D eigenvalue weighted by atomic mass is 16.8. The Morgan fingerprint density at radius 1 is 0.542 bits per heavy atom. The predicted molar refractivity (Wildman–Crippen MR) is 244 cm³/mol. The average molecular weight is 1030 g/mol. The number of aliphatic hydroxyl groups is 12. The van der Waals surface area contributed by atoms with Crippen LogP contribution in [0.25, 0.3) is 0 Å². The van der Waals surface area contributed by atoms with E-state index < -0.39 is 143 Å². The van der Waals surface area contributed by atoms with Gasteiger partial charge in [-0.3, -0.25) is 5.32 Å². The Labute approximate surface area is 420 Å². The molecule has 13 N–H and O–H groups in total. The topological polar surface area (TPSA) is 338 Å².